The highest BCUT2D eigenvalue weighted by molar-refractivity contribution is 7.99. The van der Waals surface area contributed by atoms with Gasteiger partial charge in [-0.3, -0.25) is 0 Å². The molecular formula is C14H21NO2S. The maximum Gasteiger partial charge on any atom is 0.407 e. The van der Waals surface area contributed by atoms with Crippen LogP contribution < -0.4 is 5.32 Å². The molecule has 1 rings (SSSR count). The topological polar surface area (TPSA) is 38.3 Å². The minimum atomic E-state index is -0.454. The first-order valence-electron chi connectivity index (χ1n) is 6.09. The van der Waals surface area contributed by atoms with Crippen molar-refractivity contribution in [1.29, 1.82) is 0 Å². The van der Waals surface area contributed by atoms with Crippen LogP contribution in [0.3, 0.4) is 0 Å². The van der Waals surface area contributed by atoms with Gasteiger partial charge in [0, 0.05) is 11.4 Å². The van der Waals surface area contributed by atoms with Gasteiger partial charge in [-0.25, -0.2) is 4.79 Å². The number of carbonyl (C=O) groups excluding carboxylic acids is 1. The third-order valence-corrected chi connectivity index (χ3v) is 2.92. The zero-order valence-corrected chi connectivity index (χ0v) is 12.3. The summed E-state index contributed by atoms with van der Waals surface area (Å²) in [6.45, 7) is 8.17. The van der Waals surface area contributed by atoms with Gasteiger partial charge in [0.25, 0.3) is 0 Å². The van der Waals surface area contributed by atoms with Crippen molar-refractivity contribution in [2.24, 2.45) is 0 Å². The third kappa shape index (κ3) is 5.96. The molecule has 3 nitrogen and oxygen atoms in total. The van der Waals surface area contributed by atoms with Crippen molar-refractivity contribution in [1.82, 2.24) is 5.32 Å². The quantitative estimate of drug-likeness (QED) is 0.843. The molecule has 100 valence electrons. The average Bonchev–Trinajstić information content (AvgIpc) is 2.25. The van der Waals surface area contributed by atoms with Crippen LogP contribution in [-0.4, -0.2) is 17.4 Å². The second kappa shape index (κ2) is 6.69. The van der Waals surface area contributed by atoms with Crippen molar-refractivity contribution in [3.63, 3.8) is 0 Å². The number of ether oxygens (including phenoxy) is 1. The molecule has 0 radical (unpaired) electrons. The van der Waals surface area contributed by atoms with E-state index in [2.05, 4.69) is 24.4 Å². The summed E-state index contributed by atoms with van der Waals surface area (Å²) < 4.78 is 5.18. The van der Waals surface area contributed by atoms with E-state index >= 15 is 0 Å². The molecule has 0 aliphatic rings. The van der Waals surface area contributed by atoms with Crippen molar-refractivity contribution in [2.75, 3.05) is 5.75 Å². The number of nitrogens with one attached hydrogen (secondary N) is 1. The van der Waals surface area contributed by atoms with Gasteiger partial charge in [0.15, 0.2) is 0 Å². The van der Waals surface area contributed by atoms with Gasteiger partial charge in [-0.2, -0.15) is 0 Å². The van der Waals surface area contributed by atoms with Crippen LogP contribution in [0.25, 0.3) is 0 Å². The van der Waals surface area contributed by atoms with Gasteiger partial charge in [0.2, 0.25) is 0 Å². The van der Waals surface area contributed by atoms with Crippen molar-refractivity contribution >= 4 is 17.9 Å². The molecule has 0 heterocycles. The fourth-order valence-corrected chi connectivity index (χ4v) is 2.14. The number of benzene rings is 1. The van der Waals surface area contributed by atoms with Crippen molar-refractivity contribution in [3.8, 4) is 0 Å². The van der Waals surface area contributed by atoms with E-state index in [1.165, 1.54) is 4.90 Å². The molecule has 0 saturated heterocycles. The lowest BCUT2D eigenvalue weighted by Crippen LogP contribution is -2.32. The maximum atomic E-state index is 11.5. The number of alkyl carbamates (subject to hydrolysis) is 1. The second-order valence-corrected chi connectivity index (χ2v) is 6.27. The molecule has 1 amide bonds. The van der Waals surface area contributed by atoms with Crippen LogP contribution >= 0.6 is 11.8 Å². The minimum absolute atomic E-state index is 0.379. The number of hydrogen-bond acceptors (Lipinski definition) is 3. The molecule has 1 aromatic rings. The van der Waals surface area contributed by atoms with Crippen LogP contribution in [0.4, 0.5) is 4.79 Å². The lowest BCUT2D eigenvalue weighted by Gasteiger charge is -2.19. The van der Waals surface area contributed by atoms with Crippen LogP contribution in [0.15, 0.2) is 29.2 Å². The van der Waals surface area contributed by atoms with E-state index in [0.717, 1.165) is 11.3 Å². The molecule has 0 aliphatic heterocycles. The predicted molar refractivity (Wildman–Crippen MR) is 75.9 cm³/mol. The molecule has 0 spiro atoms. The number of amides is 1. The predicted octanol–water partition coefficient (Wildman–Crippen LogP) is 3.82. The highest BCUT2D eigenvalue weighted by atomic mass is 32.2. The van der Waals surface area contributed by atoms with Gasteiger partial charge in [-0.05, 0) is 44.2 Å². The summed E-state index contributed by atoms with van der Waals surface area (Å²) in [6, 6.07) is 8.16. The summed E-state index contributed by atoms with van der Waals surface area (Å²) in [6.07, 6.45) is -0.379. The summed E-state index contributed by atoms with van der Waals surface area (Å²) in [5, 5.41) is 2.75. The standard InChI is InChI=1S/C14H21NO2S/c1-5-18-12-8-6-7-11(9-12)10-15-13(16)17-14(2,3)4/h6-9H,5,10H2,1-4H3,(H,15,16). The number of carbonyl (C=O) groups is 1. The van der Waals surface area contributed by atoms with E-state index in [1.54, 1.807) is 11.8 Å². The number of rotatable bonds is 4. The Balaban J connectivity index is 2.48. The molecule has 18 heavy (non-hydrogen) atoms. The van der Waals surface area contributed by atoms with Crippen LogP contribution in [0.2, 0.25) is 0 Å². The summed E-state index contributed by atoms with van der Waals surface area (Å²) in [5.41, 5.74) is 0.628. The molecule has 0 unspecified atom stereocenters. The lowest BCUT2D eigenvalue weighted by atomic mass is 10.2. The van der Waals surface area contributed by atoms with E-state index in [4.69, 9.17) is 4.74 Å². The number of hydrogen-bond donors (Lipinski definition) is 1. The first kappa shape index (κ1) is 14.9. The highest BCUT2D eigenvalue weighted by Gasteiger charge is 2.15. The SMILES string of the molecule is CCSc1cccc(CNC(=O)OC(C)(C)C)c1. The van der Waals surface area contributed by atoms with Crippen LogP contribution in [0.5, 0.6) is 0 Å². The van der Waals surface area contributed by atoms with Gasteiger partial charge < -0.3 is 10.1 Å². The summed E-state index contributed by atoms with van der Waals surface area (Å²) in [5.74, 6) is 1.04. The molecule has 0 saturated carbocycles. The first-order chi connectivity index (χ1) is 8.40. The normalized spacial score (nSPS) is 11.1. The Bertz CT molecular complexity index is 399. The lowest BCUT2D eigenvalue weighted by molar-refractivity contribution is 0.0523. The Morgan fingerprint density at radius 1 is 1.39 bits per heavy atom. The van der Waals surface area contributed by atoms with Crippen molar-refractivity contribution < 1.29 is 9.53 Å². The largest absolute Gasteiger partial charge is 0.444 e. The second-order valence-electron chi connectivity index (χ2n) is 4.94. The average molecular weight is 267 g/mol. The van der Waals surface area contributed by atoms with Crippen LogP contribution in [-0.2, 0) is 11.3 Å². The van der Waals surface area contributed by atoms with Gasteiger partial charge in [-0.15, -0.1) is 11.8 Å². The van der Waals surface area contributed by atoms with Crippen LogP contribution in [0, 0.1) is 0 Å². The Labute approximate surface area is 113 Å². The molecule has 0 atom stereocenters. The van der Waals surface area contributed by atoms with E-state index in [1.807, 2.05) is 32.9 Å². The van der Waals surface area contributed by atoms with E-state index < -0.39 is 5.60 Å². The van der Waals surface area contributed by atoms with Gasteiger partial charge in [0.05, 0.1) is 0 Å². The summed E-state index contributed by atoms with van der Waals surface area (Å²) in [4.78, 5) is 12.7. The molecule has 1 aromatic carbocycles. The summed E-state index contributed by atoms with van der Waals surface area (Å²) in [7, 11) is 0. The highest BCUT2D eigenvalue weighted by Crippen LogP contribution is 2.18. The number of thioether (sulfide) groups is 1. The molecule has 0 fully saturated rings. The molecular weight excluding hydrogens is 246 g/mol. The van der Waals surface area contributed by atoms with E-state index in [-0.39, 0.29) is 6.09 Å². The fourth-order valence-electron chi connectivity index (χ4n) is 1.40. The Kier molecular flexibility index (Phi) is 5.54. The minimum Gasteiger partial charge on any atom is -0.444 e. The van der Waals surface area contributed by atoms with Gasteiger partial charge in [0.1, 0.15) is 5.60 Å². The monoisotopic (exact) mass is 267 g/mol. The molecule has 4 heteroatoms. The summed E-state index contributed by atoms with van der Waals surface area (Å²) >= 11 is 1.79. The smallest absolute Gasteiger partial charge is 0.407 e. The first-order valence-corrected chi connectivity index (χ1v) is 7.08. The zero-order chi connectivity index (χ0) is 13.6. The Morgan fingerprint density at radius 2 is 2.11 bits per heavy atom. The Morgan fingerprint density at radius 3 is 2.72 bits per heavy atom. The van der Waals surface area contributed by atoms with Gasteiger partial charge >= 0.3 is 6.09 Å². The van der Waals surface area contributed by atoms with E-state index in [9.17, 15) is 4.79 Å². The third-order valence-electron chi connectivity index (χ3n) is 2.05. The van der Waals surface area contributed by atoms with Crippen molar-refractivity contribution in [2.45, 2.75) is 44.7 Å². The van der Waals surface area contributed by atoms with Crippen molar-refractivity contribution in [3.05, 3.63) is 29.8 Å². The molecule has 0 aromatic heterocycles. The fraction of sp³-hybridized carbons (Fsp3) is 0.500. The molecule has 1 N–H and O–H groups in total. The zero-order valence-electron chi connectivity index (χ0n) is 11.4. The molecule has 0 bridgehead atoms. The van der Waals surface area contributed by atoms with Gasteiger partial charge in [-0.1, -0.05) is 19.1 Å². The maximum absolute atomic E-state index is 11.5. The Hall–Kier alpha value is -1.16. The van der Waals surface area contributed by atoms with Crippen LogP contribution in [0.1, 0.15) is 33.3 Å². The van der Waals surface area contributed by atoms with E-state index in [0.29, 0.717) is 6.54 Å². The molecule has 0 aliphatic carbocycles.